The fraction of sp³-hybridized carbons (Fsp3) is 0.625. The van der Waals surface area contributed by atoms with Crippen molar-refractivity contribution < 1.29 is 4.74 Å². The van der Waals surface area contributed by atoms with Gasteiger partial charge in [-0.3, -0.25) is 0 Å². The summed E-state index contributed by atoms with van der Waals surface area (Å²) in [7, 11) is 0. The van der Waals surface area contributed by atoms with Gasteiger partial charge < -0.3 is 10.1 Å². The molecule has 3 atom stereocenters. The predicted molar refractivity (Wildman–Crippen MR) is 75.7 cm³/mol. The molecule has 0 saturated carbocycles. The summed E-state index contributed by atoms with van der Waals surface area (Å²) in [6, 6.07) is 11.7. The van der Waals surface area contributed by atoms with Crippen LogP contribution in [0.3, 0.4) is 0 Å². The van der Waals surface area contributed by atoms with Crippen LogP contribution in [0.25, 0.3) is 0 Å². The number of ether oxygens (including phenoxy) is 1. The van der Waals surface area contributed by atoms with Gasteiger partial charge in [-0.05, 0) is 31.7 Å². The number of nitrogens with one attached hydrogen (secondary N) is 1. The molecule has 18 heavy (non-hydrogen) atoms. The molecule has 1 fully saturated rings. The molecule has 1 saturated heterocycles. The summed E-state index contributed by atoms with van der Waals surface area (Å²) >= 11 is 0. The zero-order chi connectivity index (χ0) is 12.8. The molecule has 0 spiro atoms. The van der Waals surface area contributed by atoms with Gasteiger partial charge in [-0.25, -0.2) is 0 Å². The largest absolute Gasteiger partial charge is 0.378 e. The van der Waals surface area contributed by atoms with Crippen molar-refractivity contribution in [2.24, 2.45) is 0 Å². The summed E-state index contributed by atoms with van der Waals surface area (Å²) in [6.45, 7) is 5.39. The van der Waals surface area contributed by atoms with Crippen molar-refractivity contribution in [3.8, 4) is 0 Å². The van der Waals surface area contributed by atoms with Gasteiger partial charge in [0.05, 0.1) is 6.10 Å². The van der Waals surface area contributed by atoms with Crippen molar-refractivity contribution in [2.75, 3.05) is 6.61 Å². The molecule has 1 N–H and O–H groups in total. The Morgan fingerprint density at radius 1 is 1.33 bits per heavy atom. The van der Waals surface area contributed by atoms with Crippen molar-refractivity contribution in [3.63, 3.8) is 0 Å². The second kappa shape index (κ2) is 6.91. The molecule has 2 nitrogen and oxygen atoms in total. The van der Waals surface area contributed by atoms with Gasteiger partial charge in [-0.1, -0.05) is 43.7 Å². The Balaban J connectivity index is 1.85. The summed E-state index contributed by atoms with van der Waals surface area (Å²) in [5.74, 6) is 0. The van der Waals surface area contributed by atoms with Gasteiger partial charge in [0.1, 0.15) is 0 Å². The molecule has 1 aliphatic heterocycles. The highest BCUT2D eigenvalue weighted by Gasteiger charge is 2.23. The van der Waals surface area contributed by atoms with E-state index in [0.29, 0.717) is 18.2 Å². The lowest BCUT2D eigenvalue weighted by Gasteiger charge is -2.32. The average molecular weight is 247 g/mol. The number of rotatable bonds is 5. The van der Waals surface area contributed by atoms with E-state index in [1.54, 1.807) is 0 Å². The molecule has 0 aromatic heterocycles. The van der Waals surface area contributed by atoms with Crippen LogP contribution in [0.1, 0.15) is 51.1 Å². The van der Waals surface area contributed by atoms with Gasteiger partial charge in [0, 0.05) is 18.7 Å². The van der Waals surface area contributed by atoms with Crippen LogP contribution in [0.2, 0.25) is 0 Å². The highest BCUT2D eigenvalue weighted by molar-refractivity contribution is 5.18. The normalized spacial score (nSPS) is 25.9. The molecule has 0 radical (unpaired) electrons. The molecular weight excluding hydrogens is 222 g/mol. The lowest BCUT2D eigenvalue weighted by molar-refractivity contribution is -0.00472. The maximum absolute atomic E-state index is 5.80. The molecule has 1 heterocycles. The number of hydrogen-bond acceptors (Lipinski definition) is 2. The van der Waals surface area contributed by atoms with Gasteiger partial charge in [0.2, 0.25) is 0 Å². The third-order valence-corrected chi connectivity index (χ3v) is 3.76. The standard InChI is InChI=1S/C16H25NO/c1-3-7-16-12-15(10-11-18-16)17-13(2)14-8-5-4-6-9-14/h4-6,8-9,13,15-17H,3,7,10-12H2,1-2H3. The maximum Gasteiger partial charge on any atom is 0.0589 e. The van der Waals surface area contributed by atoms with Crippen molar-refractivity contribution in [1.29, 1.82) is 0 Å². The molecule has 0 aliphatic carbocycles. The summed E-state index contributed by atoms with van der Waals surface area (Å²) in [5.41, 5.74) is 1.37. The Morgan fingerprint density at radius 2 is 2.11 bits per heavy atom. The van der Waals surface area contributed by atoms with Crippen LogP contribution >= 0.6 is 0 Å². The maximum atomic E-state index is 5.80. The van der Waals surface area contributed by atoms with Crippen LogP contribution in [-0.4, -0.2) is 18.8 Å². The second-order valence-corrected chi connectivity index (χ2v) is 5.30. The van der Waals surface area contributed by atoms with Gasteiger partial charge in [0.15, 0.2) is 0 Å². The highest BCUT2D eigenvalue weighted by Crippen LogP contribution is 2.21. The molecule has 1 aliphatic rings. The summed E-state index contributed by atoms with van der Waals surface area (Å²) < 4.78 is 5.80. The quantitative estimate of drug-likeness (QED) is 0.857. The smallest absolute Gasteiger partial charge is 0.0589 e. The second-order valence-electron chi connectivity index (χ2n) is 5.30. The van der Waals surface area contributed by atoms with Crippen LogP contribution < -0.4 is 5.32 Å². The van der Waals surface area contributed by atoms with Crippen molar-refractivity contribution in [1.82, 2.24) is 5.32 Å². The van der Waals surface area contributed by atoms with Crippen molar-refractivity contribution in [3.05, 3.63) is 35.9 Å². The summed E-state index contributed by atoms with van der Waals surface area (Å²) in [5, 5.41) is 3.74. The van der Waals surface area contributed by atoms with E-state index < -0.39 is 0 Å². The van der Waals surface area contributed by atoms with E-state index in [9.17, 15) is 0 Å². The predicted octanol–water partition coefficient (Wildman–Crippen LogP) is 3.68. The fourth-order valence-electron chi connectivity index (χ4n) is 2.75. The first-order valence-corrected chi connectivity index (χ1v) is 7.22. The third kappa shape index (κ3) is 3.82. The Bertz CT molecular complexity index is 336. The molecule has 0 bridgehead atoms. The van der Waals surface area contributed by atoms with Gasteiger partial charge in [-0.15, -0.1) is 0 Å². The lowest BCUT2D eigenvalue weighted by atomic mass is 9.98. The molecule has 2 rings (SSSR count). The minimum Gasteiger partial charge on any atom is -0.378 e. The molecule has 0 amide bonds. The highest BCUT2D eigenvalue weighted by atomic mass is 16.5. The summed E-state index contributed by atoms with van der Waals surface area (Å²) in [6.07, 6.45) is 5.16. The minimum atomic E-state index is 0.427. The number of benzene rings is 1. The van der Waals surface area contributed by atoms with E-state index >= 15 is 0 Å². The topological polar surface area (TPSA) is 21.3 Å². The van der Waals surface area contributed by atoms with Crippen LogP contribution in [-0.2, 0) is 4.74 Å². The van der Waals surface area contributed by atoms with Gasteiger partial charge in [-0.2, -0.15) is 0 Å². The van der Waals surface area contributed by atoms with E-state index in [1.165, 1.54) is 18.4 Å². The number of hydrogen-bond donors (Lipinski definition) is 1. The van der Waals surface area contributed by atoms with Crippen molar-refractivity contribution in [2.45, 2.75) is 57.7 Å². The fourth-order valence-corrected chi connectivity index (χ4v) is 2.75. The van der Waals surface area contributed by atoms with Gasteiger partial charge >= 0.3 is 0 Å². The molecule has 2 heteroatoms. The van der Waals surface area contributed by atoms with E-state index in [2.05, 4.69) is 49.5 Å². The zero-order valence-corrected chi connectivity index (χ0v) is 11.6. The lowest BCUT2D eigenvalue weighted by Crippen LogP contribution is -2.40. The SMILES string of the molecule is CCCC1CC(NC(C)c2ccccc2)CCO1. The Hall–Kier alpha value is -0.860. The van der Waals surface area contributed by atoms with Crippen LogP contribution in [0.5, 0.6) is 0 Å². The zero-order valence-electron chi connectivity index (χ0n) is 11.6. The van der Waals surface area contributed by atoms with Crippen LogP contribution in [0.15, 0.2) is 30.3 Å². The Kier molecular flexibility index (Phi) is 5.21. The molecule has 1 aromatic rings. The first-order valence-electron chi connectivity index (χ1n) is 7.22. The molecule has 3 unspecified atom stereocenters. The van der Waals surface area contributed by atoms with E-state index in [0.717, 1.165) is 19.4 Å². The first kappa shape index (κ1) is 13.6. The van der Waals surface area contributed by atoms with E-state index in [1.807, 2.05) is 0 Å². The molecule has 1 aromatic carbocycles. The Labute approximate surface area is 111 Å². The van der Waals surface area contributed by atoms with Crippen LogP contribution in [0, 0.1) is 0 Å². The van der Waals surface area contributed by atoms with Gasteiger partial charge in [0.25, 0.3) is 0 Å². The van der Waals surface area contributed by atoms with Crippen LogP contribution in [0.4, 0.5) is 0 Å². The monoisotopic (exact) mass is 247 g/mol. The minimum absolute atomic E-state index is 0.427. The van der Waals surface area contributed by atoms with E-state index in [-0.39, 0.29) is 0 Å². The van der Waals surface area contributed by atoms with Crippen molar-refractivity contribution >= 4 is 0 Å². The molecule has 100 valence electrons. The first-order chi connectivity index (χ1) is 8.79. The molecular formula is C16H25NO. The Morgan fingerprint density at radius 3 is 2.83 bits per heavy atom. The van der Waals surface area contributed by atoms with E-state index in [4.69, 9.17) is 4.74 Å². The average Bonchev–Trinajstić information content (AvgIpc) is 2.40. The third-order valence-electron chi connectivity index (χ3n) is 3.76. The summed E-state index contributed by atoms with van der Waals surface area (Å²) in [4.78, 5) is 0.